The molecular weight excluding hydrogens is 166 g/mol. The monoisotopic (exact) mass is 188 g/mol. The van der Waals surface area contributed by atoms with Gasteiger partial charge in [-0.15, -0.1) is 0 Å². The van der Waals surface area contributed by atoms with Gasteiger partial charge < -0.3 is 9.22 Å². The number of rotatable bonds is 6. The van der Waals surface area contributed by atoms with E-state index in [4.69, 9.17) is 4.74 Å². The molecular formula is C10H22NO2+. The minimum absolute atomic E-state index is 0.0707. The summed E-state index contributed by atoms with van der Waals surface area (Å²) in [4.78, 5) is 11.0. The second-order valence-electron chi connectivity index (χ2n) is 3.88. The molecule has 0 atom stereocenters. The largest absolute Gasteiger partial charge is 0.466 e. The molecule has 0 aliphatic rings. The van der Waals surface area contributed by atoms with Crippen molar-refractivity contribution in [2.45, 2.75) is 26.7 Å². The second kappa shape index (κ2) is 5.97. The molecule has 3 heteroatoms. The topological polar surface area (TPSA) is 26.3 Å². The Bertz CT molecular complexity index is 155. The van der Waals surface area contributed by atoms with Gasteiger partial charge in [-0.05, 0) is 13.8 Å². The van der Waals surface area contributed by atoms with Gasteiger partial charge in [0.25, 0.3) is 0 Å². The molecule has 0 aliphatic carbocycles. The van der Waals surface area contributed by atoms with E-state index in [0.717, 1.165) is 24.0 Å². The molecule has 0 spiro atoms. The number of carbonyl (C=O) groups is 1. The third-order valence-corrected chi connectivity index (χ3v) is 2.31. The smallest absolute Gasteiger partial charge is 0.305 e. The van der Waals surface area contributed by atoms with Crippen molar-refractivity contribution in [1.29, 1.82) is 0 Å². The number of nitrogens with zero attached hydrogens (tertiary/aromatic N) is 1. The quantitative estimate of drug-likeness (QED) is 0.465. The zero-order valence-electron chi connectivity index (χ0n) is 9.30. The first-order valence-corrected chi connectivity index (χ1v) is 4.99. The molecule has 0 fully saturated rings. The summed E-state index contributed by atoms with van der Waals surface area (Å²) in [7, 11) is 4.34. The van der Waals surface area contributed by atoms with Crippen LogP contribution in [0.2, 0.25) is 0 Å². The third-order valence-electron chi connectivity index (χ3n) is 2.31. The van der Waals surface area contributed by atoms with E-state index in [-0.39, 0.29) is 5.97 Å². The first kappa shape index (κ1) is 12.4. The summed E-state index contributed by atoms with van der Waals surface area (Å²) in [5, 5.41) is 0. The predicted octanol–water partition coefficient (Wildman–Crippen LogP) is 1.43. The molecule has 0 aromatic rings. The van der Waals surface area contributed by atoms with Gasteiger partial charge in [0.1, 0.15) is 0 Å². The maximum Gasteiger partial charge on any atom is 0.305 e. The minimum atomic E-state index is -0.0707. The molecule has 0 bridgehead atoms. The van der Waals surface area contributed by atoms with Crippen LogP contribution in [0.25, 0.3) is 0 Å². The highest BCUT2D eigenvalue weighted by molar-refractivity contribution is 5.69. The lowest BCUT2D eigenvalue weighted by Gasteiger charge is -2.27. The van der Waals surface area contributed by atoms with Gasteiger partial charge >= 0.3 is 5.97 Å². The summed E-state index contributed by atoms with van der Waals surface area (Å²) in [6.07, 6.45) is 1.47. The lowest BCUT2D eigenvalue weighted by Crippen LogP contribution is -2.40. The highest BCUT2D eigenvalue weighted by Gasteiger charge is 2.12. The van der Waals surface area contributed by atoms with Crippen molar-refractivity contribution in [2.75, 3.05) is 33.8 Å². The van der Waals surface area contributed by atoms with Crippen molar-refractivity contribution >= 4 is 5.97 Å². The predicted molar refractivity (Wildman–Crippen MR) is 53.4 cm³/mol. The zero-order valence-corrected chi connectivity index (χ0v) is 9.30. The Balaban J connectivity index is 3.50. The van der Waals surface area contributed by atoms with Crippen molar-refractivity contribution in [3.63, 3.8) is 0 Å². The number of quaternary nitrogens is 1. The molecule has 0 unspecified atom stereocenters. The van der Waals surface area contributed by atoms with Crippen LogP contribution in [-0.4, -0.2) is 44.2 Å². The van der Waals surface area contributed by atoms with E-state index in [1.807, 2.05) is 6.92 Å². The zero-order chi connectivity index (χ0) is 10.3. The van der Waals surface area contributed by atoms with Crippen LogP contribution >= 0.6 is 0 Å². The summed E-state index contributed by atoms with van der Waals surface area (Å²) in [6.45, 7) is 6.62. The Kier molecular flexibility index (Phi) is 5.71. The van der Waals surface area contributed by atoms with Crippen molar-refractivity contribution in [1.82, 2.24) is 0 Å². The molecule has 0 amide bonds. The molecule has 0 heterocycles. The lowest BCUT2D eigenvalue weighted by molar-refractivity contribution is -0.888. The van der Waals surface area contributed by atoms with Gasteiger partial charge in [-0.25, -0.2) is 0 Å². The second-order valence-corrected chi connectivity index (χ2v) is 3.88. The van der Waals surface area contributed by atoms with Crippen LogP contribution in [0.1, 0.15) is 26.7 Å². The number of ether oxygens (including phenoxy) is 1. The summed E-state index contributed by atoms with van der Waals surface area (Å²) in [6, 6.07) is 0. The van der Waals surface area contributed by atoms with Gasteiger partial charge in [-0.1, -0.05) is 0 Å². The fraction of sp³-hybridized carbons (Fsp3) is 0.900. The van der Waals surface area contributed by atoms with Gasteiger partial charge in [-0.2, -0.15) is 0 Å². The van der Waals surface area contributed by atoms with Gasteiger partial charge in [0.2, 0.25) is 0 Å². The number of carbonyl (C=O) groups excluding carboxylic acids is 1. The summed E-state index contributed by atoms with van der Waals surface area (Å²) in [5.74, 6) is -0.0707. The van der Waals surface area contributed by atoms with Crippen molar-refractivity contribution < 1.29 is 14.0 Å². The minimum Gasteiger partial charge on any atom is -0.466 e. The van der Waals surface area contributed by atoms with Gasteiger partial charge in [0.05, 0.1) is 40.2 Å². The lowest BCUT2D eigenvalue weighted by atomic mass is 10.3. The number of esters is 1. The number of hydrogen-bond donors (Lipinski definition) is 0. The van der Waals surface area contributed by atoms with Crippen LogP contribution in [0, 0.1) is 0 Å². The Morgan fingerprint density at radius 2 is 1.92 bits per heavy atom. The Hall–Kier alpha value is -0.570. The highest BCUT2D eigenvalue weighted by Crippen LogP contribution is 2.01. The van der Waals surface area contributed by atoms with Gasteiger partial charge in [0, 0.05) is 6.42 Å². The Morgan fingerprint density at radius 1 is 1.31 bits per heavy atom. The molecule has 0 aliphatic heterocycles. The van der Waals surface area contributed by atoms with E-state index in [0.29, 0.717) is 13.0 Å². The molecule has 0 aromatic heterocycles. The maximum absolute atomic E-state index is 11.0. The van der Waals surface area contributed by atoms with Crippen LogP contribution in [0.3, 0.4) is 0 Å². The summed E-state index contributed by atoms with van der Waals surface area (Å²) >= 11 is 0. The fourth-order valence-electron chi connectivity index (χ4n) is 1.04. The first-order valence-electron chi connectivity index (χ1n) is 4.99. The normalized spacial score (nSPS) is 11.4. The third kappa shape index (κ3) is 6.58. The van der Waals surface area contributed by atoms with Gasteiger partial charge in [-0.3, -0.25) is 4.79 Å². The van der Waals surface area contributed by atoms with E-state index >= 15 is 0 Å². The van der Waals surface area contributed by atoms with Crippen molar-refractivity contribution in [3.05, 3.63) is 0 Å². The molecule has 3 nitrogen and oxygen atoms in total. The Morgan fingerprint density at radius 3 is 2.38 bits per heavy atom. The highest BCUT2D eigenvalue weighted by atomic mass is 16.5. The van der Waals surface area contributed by atoms with E-state index < -0.39 is 0 Å². The molecule has 0 saturated heterocycles. The maximum atomic E-state index is 11.0. The fourth-order valence-corrected chi connectivity index (χ4v) is 1.04. The summed E-state index contributed by atoms with van der Waals surface area (Å²) < 4.78 is 5.82. The van der Waals surface area contributed by atoms with E-state index in [1.54, 1.807) is 0 Å². The van der Waals surface area contributed by atoms with Crippen LogP contribution < -0.4 is 0 Å². The molecule has 0 radical (unpaired) electrons. The van der Waals surface area contributed by atoms with Gasteiger partial charge in [0.15, 0.2) is 0 Å². The number of hydrogen-bond acceptors (Lipinski definition) is 2. The first-order chi connectivity index (χ1) is 6.02. The van der Waals surface area contributed by atoms with Crippen LogP contribution in [0.15, 0.2) is 0 Å². The van der Waals surface area contributed by atoms with Crippen molar-refractivity contribution in [3.8, 4) is 0 Å². The van der Waals surface area contributed by atoms with E-state index in [2.05, 4.69) is 21.0 Å². The average molecular weight is 188 g/mol. The molecule has 78 valence electrons. The Labute approximate surface area is 81.3 Å². The standard InChI is InChI=1S/C10H22NO2/c1-5-11(3,4)9-7-8-10(12)13-6-2/h5-9H2,1-4H3/q+1. The van der Waals surface area contributed by atoms with E-state index in [9.17, 15) is 4.79 Å². The molecule has 0 rings (SSSR count). The van der Waals surface area contributed by atoms with Crippen molar-refractivity contribution in [2.24, 2.45) is 0 Å². The molecule has 0 saturated carbocycles. The van der Waals surface area contributed by atoms with Crippen LogP contribution in [-0.2, 0) is 9.53 Å². The van der Waals surface area contributed by atoms with Crippen LogP contribution in [0.4, 0.5) is 0 Å². The SMILES string of the molecule is CCOC(=O)CCC[N+](C)(C)CC. The average Bonchev–Trinajstić information content (AvgIpc) is 2.05. The molecule has 0 aromatic carbocycles. The summed E-state index contributed by atoms with van der Waals surface area (Å²) in [5.41, 5.74) is 0. The molecule has 0 N–H and O–H groups in total. The molecule has 13 heavy (non-hydrogen) atoms. The van der Waals surface area contributed by atoms with Crippen LogP contribution in [0.5, 0.6) is 0 Å². The van der Waals surface area contributed by atoms with E-state index in [1.165, 1.54) is 0 Å².